The highest BCUT2D eigenvalue weighted by atomic mass is 32.2. The molecule has 27 heavy (non-hydrogen) atoms. The third kappa shape index (κ3) is 4.53. The second-order valence-electron chi connectivity index (χ2n) is 6.64. The molecular weight excluding hydrogens is 366 g/mol. The predicted octanol–water partition coefficient (Wildman–Crippen LogP) is 3.32. The molecule has 0 aliphatic heterocycles. The van der Waals surface area contributed by atoms with Crippen molar-refractivity contribution in [3.8, 4) is 0 Å². The van der Waals surface area contributed by atoms with Crippen molar-refractivity contribution in [2.45, 2.75) is 25.7 Å². The molecule has 2 aromatic carbocycles. The van der Waals surface area contributed by atoms with Gasteiger partial charge in [-0.15, -0.1) is 0 Å². The molecular formula is C19H21N3O4S. The molecule has 0 atom stereocenters. The maximum atomic E-state index is 12.4. The van der Waals surface area contributed by atoms with Crippen LogP contribution in [0, 0.1) is 12.8 Å². The Hall–Kier alpha value is -2.71. The summed E-state index contributed by atoms with van der Waals surface area (Å²) in [7, 11) is -3.58. The predicted molar refractivity (Wildman–Crippen MR) is 103 cm³/mol. The van der Waals surface area contributed by atoms with E-state index in [9.17, 15) is 13.2 Å². The number of nitrogens with one attached hydrogen (secondary N) is 2. The monoisotopic (exact) mass is 387 g/mol. The first-order valence-electron chi connectivity index (χ1n) is 8.53. The summed E-state index contributed by atoms with van der Waals surface area (Å²) in [6.07, 6.45) is 0. The Balaban J connectivity index is 1.73. The van der Waals surface area contributed by atoms with Crippen molar-refractivity contribution in [2.24, 2.45) is 5.92 Å². The van der Waals surface area contributed by atoms with Crippen LogP contribution in [-0.4, -0.2) is 25.9 Å². The minimum atomic E-state index is -3.58. The van der Waals surface area contributed by atoms with Gasteiger partial charge in [0.2, 0.25) is 10.0 Å². The lowest BCUT2D eigenvalue weighted by atomic mass is 10.2. The zero-order chi connectivity index (χ0) is 19.6. The van der Waals surface area contributed by atoms with E-state index in [0.717, 1.165) is 0 Å². The summed E-state index contributed by atoms with van der Waals surface area (Å²) in [6.45, 7) is 5.96. The number of fused-ring (bicyclic) bond motifs is 1. The number of hydrogen-bond acceptors (Lipinski definition) is 5. The summed E-state index contributed by atoms with van der Waals surface area (Å²) in [5.74, 6) is 0.413. The van der Waals surface area contributed by atoms with Crippen molar-refractivity contribution in [3.63, 3.8) is 0 Å². The number of nitrogens with zero attached hydrogens (tertiary/aromatic N) is 1. The number of carbonyl (C=O) groups is 1. The average Bonchev–Trinajstić information content (AvgIpc) is 2.99. The molecule has 1 amide bonds. The molecule has 0 radical (unpaired) electrons. The molecule has 0 saturated heterocycles. The number of hydrogen-bond donors (Lipinski definition) is 2. The fourth-order valence-corrected chi connectivity index (χ4v) is 3.68. The smallest absolute Gasteiger partial charge is 0.255 e. The van der Waals surface area contributed by atoms with Gasteiger partial charge in [0.15, 0.2) is 11.5 Å². The fraction of sp³-hybridized carbons (Fsp3) is 0.263. The number of rotatable bonds is 6. The lowest BCUT2D eigenvalue weighted by molar-refractivity contribution is 0.102. The zero-order valence-corrected chi connectivity index (χ0v) is 16.1. The third-order valence-corrected chi connectivity index (χ3v) is 5.30. The highest BCUT2D eigenvalue weighted by Gasteiger charge is 2.15. The van der Waals surface area contributed by atoms with Gasteiger partial charge in [-0.3, -0.25) is 4.79 Å². The molecule has 8 heteroatoms. The van der Waals surface area contributed by atoms with Crippen molar-refractivity contribution >= 4 is 32.7 Å². The maximum Gasteiger partial charge on any atom is 0.255 e. The standard InChI is InChI=1S/C19H21N3O4S/c1-12(2)11-20-27(24,25)16-7-4-14(5-8-16)19(23)22-15-6-9-17-18(10-15)26-13(3)21-17/h4-10,12,20H,11H2,1-3H3,(H,22,23). The van der Waals surface area contributed by atoms with Crippen LogP contribution in [0.15, 0.2) is 51.8 Å². The molecule has 7 nitrogen and oxygen atoms in total. The van der Waals surface area contributed by atoms with Crippen LogP contribution in [0.3, 0.4) is 0 Å². The van der Waals surface area contributed by atoms with Gasteiger partial charge < -0.3 is 9.73 Å². The van der Waals surface area contributed by atoms with Crippen LogP contribution in [-0.2, 0) is 10.0 Å². The summed E-state index contributed by atoms with van der Waals surface area (Å²) in [4.78, 5) is 16.7. The first-order valence-corrected chi connectivity index (χ1v) is 10.0. The molecule has 0 aliphatic rings. The van der Waals surface area contributed by atoms with Crippen molar-refractivity contribution in [2.75, 3.05) is 11.9 Å². The van der Waals surface area contributed by atoms with Crippen molar-refractivity contribution in [3.05, 3.63) is 53.9 Å². The van der Waals surface area contributed by atoms with E-state index in [0.29, 0.717) is 34.8 Å². The first-order chi connectivity index (χ1) is 12.7. The number of benzene rings is 2. The van der Waals surface area contributed by atoms with Gasteiger partial charge in [0.25, 0.3) is 5.91 Å². The summed E-state index contributed by atoms with van der Waals surface area (Å²) >= 11 is 0. The van der Waals surface area contributed by atoms with E-state index in [2.05, 4.69) is 15.0 Å². The summed E-state index contributed by atoms with van der Waals surface area (Å²) in [5.41, 5.74) is 2.22. The van der Waals surface area contributed by atoms with Gasteiger partial charge in [-0.25, -0.2) is 18.1 Å². The van der Waals surface area contributed by atoms with Crippen molar-refractivity contribution in [1.29, 1.82) is 0 Å². The molecule has 0 saturated carbocycles. The van der Waals surface area contributed by atoms with E-state index >= 15 is 0 Å². The number of aryl methyl sites for hydroxylation is 1. The molecule has 3 aromatic rings. The Labute approximate surface area is 157 Å². The number of oxazole rings is 1. The van der Waals surface area contributed by atoms with Crippen LogP contribution in [0.1, 0.15) is 30.1 Å². The van der Waals surface area contributed by atoms with Gasteiger partial charge >= 0.3 is 0 Å². The molecule has 0 fully saturated rings. The van der Waals surface area contributed by atoms with E-state index in [1.807, 2.05) is 13.8 Å². The average molecular weight is 387 g/mol. The van der Waals surface area contributed by atoms with Crippen LogP contribution >= 0.6 is 0 Å². The van der Waals surface area contributed by atoms with Gasteiger partial charge in [0.05, 0.1) is 4.90 Å². The topological polar surface area (TPSA) is 101 Å². The highest BCUT2D eigenvalue weighted by molar-refractivity contribution is 7.89. The Morgan fingerprint density at radius 3 is 2.52 bits per heavy atom. The number of carbonyl (C=O) groups excluding carboxylic acids is 1. The van der Waals surface area contributed by atoms with Gasteiger partial charge in [-0.2, -0.15) is 0 Å². The molecule has 0 spiro atoms. The van der Waals surface area contributed by atoms with Crippen molar-refractivity contribution < 1.29 is 17.6 Å². The van der Waals surface area contributed by atoms with Gasteiger partial charge in [-0.1, -0.05) is 13.8 Å². The quantitative estimate of drug-likeness (QED) is 0.676. The number of sulfonamides is 1. The summed E-state index contributed by atoms with van der Waals surface area (Å²) in [6, 6.07) is 11.0. The second-order valence-corrected chi connectivity index (χ2v) is 8.41. The van der Waals surface area contributed by atoms with E-state index < -0.39 is 10.0 Å². The van der Waals surface area contributed by atoms with Crippen molar-refractivity contribution in [1.82, 2.24) is 9.71 Å². The molecule has 1 heterocycles. The minimum absolute atomic E-state index is 0.123. The lowest BCUT2D eigenvalue weighted by Gasteiger charge is -2.09. The summed E-state index contributed by atoms with van der Waals surface area (Å²) in [5, 5.41) is 2.77. The van der Waals surface area contributed by atoms with Crippen LogP contribution < -0.4 is 10.0 Å². The SMILES string of the molecule is Cc1nc2ccc(NC(=O)c3ccc(S(=O)(=O)NCC(C)C)cc3)cc2o1. The van der Waals surface area contributed by atoms with E-state index in [1.54, 1.807) is 25.1 Å². The van der Waals surface area contributed by atoms with Crippen LogP contribution in [0.25, 0.3) is 11.1 Å². The van der Waals surface area contributed by atoms with E-state index in [-0.39, 0.29) is 16.7 Å². The number of amides is 1. The third-order valence-electron chi connectivity index (χ3n) is 3.86. The highest BCUT2D eigenvalue weighted by Crippen LogP contribution is 2.20. The molecule has 0 unspecified atom stereocenters. The Morgan fingerprint density at radius 1 is 1.15 bits per heavy atom. The minimum Gasteiger partial charge on any atom is -0.441 e. The lowest BCUT2D eigenvalue weighted by Crippen LogP contribution is -2.27. The Morgan fingerprint density at radius 2 is 1.85 bits per heavy atom. The normalized spacial score (nSPS) is 11.9. The van der Waals surface area contributed by atoms with Gasteiger partial charge in [0.1, 0.15) is 5.52 Å². The molecule has 0 bridgehead atoms. The van der Waals surface area contributed by atoms with Crippen LogP contribution in [0.5, 0.6) is 0 Å². The number of aromatic nitrogens is 1. The van der Waals surface area contributed by atoms with Gasteiger partial charge in [0, 0.05) is 30.8 Å². The molecule has 0 aliphatic carbocycles. The fourth-order valence-electron chi connectivity index (χ4n) is 2.47. The molecule has 1 aromatic heterocycles. The van der Waals surface area contributed by atoms with E-state index in [4.69, 9.17) is 4.42 Å². The first kappa shape index (κ1) is 19.1. The molecule has 142 valence electrons. The number of anilines is 1. The van der Waals surface area contributed by atoms with E-state index in [1.165, 1.54) is 24.3 Å². The summed E-state index contributed by atoms with van der Waals surface area (Å²) < 4.78 is 32.4. The second kappa shape index (κ2) is 7.50. The molecule has 3 rings (SSSR count). The van der Waals surface area contributed by atoms with Crippen LogP contribution in [0.2, 0.25) is 0 Å². The van der Waals surface area contributed by atoms with Crippen LogP contribution in [0.4, 0.5) is 5.69 Å². The van der Waals surface area contributed by atoms with Gasteiger partial charge in [-0.05, 0) is 42.3 Å². The Bertz CT molecular complexity index is 1070. The Kier molecular flexibility index (Phi) is 5.29. The largest absolute Gasteiger partial charge is 0.441 e. The molecule has 2 N–H and O–H groups in total. The maximum absolute atomic E-state index is 12.4. The zero-order valence-electron chi connectivity index (χ0n) is 15.3.